The van der Waals surface area contributed by atoms with Crippen LogP contribution in [0.2, 0.25) is 5.02 Å². The zero-order valence-corrected chi connectivity index (χ0v) is 34.1. The van der Waals surface area contributed by atoms with Gasteiger partial charge in [0.2, 0.25) is 11.8 Å². The zero-order chi connectivity index (χ0) is 39.9. The Morgan fingerprint density at radius 2 is 1.78 bits per heavy atom. The number of benzene rings is 3. The molecule has 2 heterocycles. The van der Waals surface area contributed by atoms with E-state index in [1.807, 2.05) is 30.3 Å². The van der Waals surface area contributed by atoms with Crippen LogP contribution in [0.4, 0.5) is 20.6 Å². The first kappa shape index (κ1) is 42.0. The van der Waals surface area contributed by atoms with Crippen molar-refractivity contribution in [3.63, 3.8) is 0 Å². The van der Waals surface area contributed by atoms with Crippen molar-refractivity contribution in [3.05, 3.63) is 87.2 Å². The normalized spacial score (nSPS) is 15.9. The lowest BCUT2D eigenvalue weighted by molar-refractivity contribution is -0.131. The molecule has 0 saturated carbocycles. The van der Waals surface area contributed by atoms with Crippen LogP contribution in [-0.4, -0.2) is 66.6 Å². The molecule has 1 aliphatic heterocycles. The minimum atomic E-state index is -3.92. The summed E-state index contributed by atoms with van der Waals surface area (Å²) in [6.07, 6.45) is -0.452. The summed E-state index contributed by atoms with van der Waals surface area (Å²) < 4.78 is 44.9. The van der Waals surface area contributed by atoms with Crippen molar-refractivity contribution >= 4 is 81.1 Å². The molecule has 16 heteroatoms. The van der Waals surface area contributed by atoms with Crippen LogP contribution in [0.1, 0.15) is 68.5 Å². The Morgan fingerprint density at radius 1 is 1.05 bits per heavy atom. The summed E-state index contributed by atoms with van der Waals surface area (Å²) >= 11 is 9.29. The molecule has 5 rings (SSSR count). The number of methoxy groups -OCH3 is 1. The SMILES string of the molecule is CCOP(=O)(CC(=O)N(CCC(=O)c1c(Br)ccc(Cl)c1F)[C@H]1CCC[C@@H](C)C(=O)Nc2cc(NC(=O)OC)ccc2-c2cc1nc1ccccc21)OCC. The fraction of sp³-hybridized carbons (Fsp3) is 0.359. The quantitative estimate of drug-likeness (QED) is 0.0805. The third kappa shape index (κ3) is 9.98. The van der Waals surface area contributed by atoms with Crippen molar-refractivity contribution < 1.29 is 41.9 Å². The highest BCUT2D eigenvalue weighted by Crippen LogP contribution is 2.49. The highest BCUT2D eigenvalue weighted by Gasteiger charge is 2.35. The van der Waals surface area contributed by atoms with E-state index in [9.17, 15) is 23.7 Å². The zero-order valence-electron chi connectivity index (χ0n) is 30.8. The summed E-state index contributed by atoms with van der Waals surface area (Å²) in [7, 11) is -2.67. The molecule has 0 radical (unpaired) electrons. The smallest absolute Gasteiger partial charge is 0.411 e. The van der Waals surface area contributed by atoms with Gasteiger partial charge in [0.1, 0.15) is 6.16 Å². The second-order valence-electron chi connectivity index (χ2n) is 12.9. The number of ketones is 1. The molecule has 1 aliphatic rings. The summed E-state index contributed by atoms with van der Waals surface area (Å²) in [5.41, 5.74) is 2.89. The van der Waals surface area contributed by atoms with E-state index in [0.717, 1.165) is 5.39 Å². The lowest BCUT2D eigenvalue weighted by Crippen LogP contribution is -2.39. The first-order valence-corrected chi connectivity index (χ1v) is 20.7. The van der Waals surface area contributed by atoms with Gasteiger partial charge in [-0.05, 0) is 84.6 Å². The molecule has 1 aromatic heterocycles. The van der Waals surface area contributed by atoms with E-state index >= 15 is 4.39 Å². The minimum absolute atomic E-state index is 0.0281. The standard InChI is InChI=1S/C39H42BrClFN4O8P/c1-5-53-55(51,54-6-2)22-35(48)46(19-18-34(47)36-28(40)16-17-29(41)37(36)42)33-13-9-10-23(3)38(49)45-31-20-24(43-39(50)52-4)14-15-26(31)27-21-32(33)44-30-12-8-7-11-25(27)30/h7-8,11-12,14-17,20-21,23,33H,5-6,9-10,13,18-19,22H2,1-4H3,(H,43,50)(H,45,49)/t23-,33+/m1/s1. The van der Waals surface area contributed by atoms with Gasteiger partial charge in [-0.3, -0.25) is 29.2 Å². The van der Waals surface area contributed by atoms with E-state index in [1.54, 1.807) is 39.0 Å². The molecule has 0 fully saturated rings. The number of fused-ring (bicyclic) bond motifs is 6. The second-order valence-corrected chi connectivity index (χ2v) is 16.2. The van der Waals surface area contributed by atoms with Crippen LogP contribution in [0.15, 0.2) is 65.1 Å². The van der Waals surface area contributed by atoms with Crippen LogP contribution in [0.3, 0.4) is 0 Å². The number of ether oxygens (including phenoxy) is 1. The maximum absolute atomic E-state index is 15.2. The Morgan fingerprint density at radius 3 is 2.49 bits per heavy atom. The molecule has 2 bridgehead atoms. The maximum atomic E-state index is 15.2. The average molecular weight is 860 g/mol. The summed E-state index contributed by atoms with van der Waals surface area (Å²) in [4.78, 5) is 60.3. The van der Waals surface area contributed by atoms with E-state index in [2.05, 4.69) is 26.6 Å². The third-order valence-corrected chi connectivity index (χ3v) is 12.1. The van der Waals surface area contributed by atoms with Gasteiger partial charge in [0.05, 0.1) is 53.8 Å². The van der Waals surface area contributed by atoms with E-state index in [-0.39, 0.29) is 47.1 Å². The van der Waals surface area contributed by atoms with Crippen molar-refractivity contribution in [2.24, 2.45) is 5.92 Å². The highest BCUT2D eigenvalue weighted by atomic mass is 79.9. The molecule has 3 amide bonds. The number of para-hydroxylation sites is 1. The highest BCUT2D eigenvalue weighted by molar-refractivity contribution is 9.10. The Balaban J connectivity index is 1.69. The lowest BCUT2D eigenvalue weighted by atomic mass is 9.92. The molecule has 2 N–H and O–H groups in total. The topological polar surface area (TPSA) is 153 Å². The minimum Gasteiger partial charge on any atom is -0.453 e. The molecule has 0 unspecified atom stereocenters. The van der Waals surface area contributed by atoms with Crippen LogP contribution < -0.4 is 10.6 Å². The molecule has 0 aliphatic carbocycles. The van der Waals surface area contributed by atoms with Gasteiger partial charge in [-0.1, -0.05) is 49.2 Å². The van der Waals surface area contributed by atoms with Crippen molar-refractivity contribution in [2.75, 3.05) is 43.7 Å². The van der Waals surface area contributed by atoms with Gasteiger partial charge in [-0.2, -0.15) is 0 Å². The van der Waals surface area contributed by atoms with Gasteiger partial charge in [-0.25, -0.2) is 9.18 Å². The lowest BCUT2D eigenvalue weighted by Gasteiger charge is -2.33. The number of amides is 3. The van der Waals surface area contributed by atoms with Gasteiger partial charge in [0, 0.05) is 40.0 Å². The fourth-order valence-corrected chi connectivity index (χ4v) is 8.79. The number of rotatable bonds is 12. The van der Waals surface area contributed by atoms with E-state index in [1.165, 1.54) is 24.1 Å². The number of carbonyl (C=O) groups excluding carboxylic acids is 4. The van der Waals surface area contributed by atoms with E-state index in [0.29, 0.717) is 53.0 Å². The predicted molar refractivity (Wildman–Crippen MR) is 213 cm³/mol. The van der Waals surface area contributed by atoms with Crippen molar-refractivity contribution in [1.82, 2.24) is 9.88 Å². The summed E-state index contributed by atoms with van der Waals surface area (Å²) in [6.45, 7) is 4.92. The fourth-order valence-electron chi connectivity index (χ4n) is 6.55. The molecule has 3 aromatic carbocycles. The molecule has 292 valence electrons. The summed E-state index contributed by atoms with van der Waals surface area (Å²) in [5.74, 6) is -2.86. The summed E-state index contributed by atoms with van der Waals surface area (Å²) in [5, 5.41) is 6.19. The van der Waals surface area contributed by atoms with Gasteiger partial charge in [-0.15, -0.1) is 0 Å². The second kappa shape index (κ2) is 18.6. The third-order valence-electron chi connectivity index (χ3n) is 9.22. The molecule has 4 aromatic rings. The summed E-state index contributed by atoms with van der Waals surface area (Å²) in [6, 6.07) is 16.3. The maximum Gasteiger partial charge on any atom is 0.411 e. The van der Waals surface area contributed by atoms with Crippen molar-refractivity contribution in [2.45, 2.75) is 52.5 Å². The van der Waals surface area contributed by atoms with Crippen LogP contribution in [0.25, 0.3) is 22.0 Å². The molecule has 2 atom stereocenters. The predicted octanol–water partition coefficient (Wildman–Crippen LogP) is 9.80. The van der Waals surface area contributed by atoms with E-state index < -0.39 is 49.3 Å². The van der Waals surface area contributed by atoms with Gasteiger partial charge >= 0.3 is 13.7 Å². The Labute approximate surface area is 332 Å². The molecular formula is C39H42BrClFN4O8P. The van der Waals surface area contributed by atoms with Gasteiger partial charge in [0.15, 0.2) is 11.6 Å². The van der Waals surface area contributed by atoms with Gasteiger partial charge in [0.25, 0.3) is 0 Å². The molecule has 0 spiro atoms. The molecular weight excluding hydrogens is 818 g/mol. The first-order valence-electron chi connectivity index (χ1n) is 17.8. The number of pyridine rings is 1. The number of nitrogens with one attached hydrogen (secondary N) is 2. The Kier molecular flexibility index (Phi) is 14.2. The van der Waals surface area contributed by atoms with Crippen molar-refractivity contribution in [1.29, 1.82) is 0 Å². The molecule has 0 saturated heterocycles. The number of nitrogens with zero attached hydrogens (tertiary/aromatic N) is 2. The van der Waals surface area contributed by atoms with E-state index in [4.69, 9.17) is 30.4 Å². The Bertz CT molecular complexity index is 2150. The molecule has 12 nitrogen and oxygen atoms in total. The number of hydrogen-bond donors (Lipinski definition) is 2. The monoisotopic (exact) mass is 858 g/mol. The number of carbonyl (C=O) groups is 4. The number of hydrogen-bond acceptors (Lipinski definition) is 9. The van der Waals surface area contributed by atoms with Crippen LogP contribution in [-0.2, 0) is 27.9 Å². The van der Waals surface area contributed by atoms with Crippen LogP contribution in [0, 0.1) is 11.7 Å². The first-order chi connectivity index (χ1) is 26.3. The Hall–Kier alpha value is -4.20. The number of halogens is 3. The number of aromatic nitrogens is 1. The van der Waals surface area contributed by atoms with Crippen LogP contribution >= 0.6 is 35.1 Å². The molecule has 55 heavy (non-hydrogen) atoms. The average Bonchev–Trinajstić information content (AvgIpc) is 3.15. The number of Topliss-reactive ketones (excluding diaryl/α,β-unsaturated/α-hetero) is 1. The van der Waals surface area contributed by atoms with Crippen LogP contribution in [0.5, 0.6) is 0 Å². The largest absolute Gasteiger partial charge is 0.453 e. The van der Waals surface area contributed by atoms with Crippen molar-refractivity contribution in [3.8, 4) is 11.1 Å². The van der Waals surface area contributed by atoms with Gasteiger partial charge < -0.3 is 24.0 Å². The number of anilines is 2.